The first-order valence-corrected chi connectivity index (χ1v) is 12.9. The minimum absolute atomic E-state index is 0.00246. The number of aromatic nitrogens is 2. The van der Waals surface area contributed by atoms with E-state index in [1.54, 1.807) is 0 Å². The van der Waals surface area contributed by atoms with Gasteiger partial charge in [0.05, 0.1) is 16.7 Å². The summed E-state index contributed by atoms with van der Waals surface area (Å²) in [4.78, 5) is 31.2. The number of anilines is 1. The number of hydrogen-bond acceptors (Lipinski definition) is 4. The zero-order chi connectivity index (χ0) is 23.5. The molecule has 0 saturated heterocycles. The van der Waals surface area contributed by atoms with Gasteiger partial charge in [0.25, 0.3) is 5.56 Å². The number of amides is 1. The first-order chi connectivity index (χ1) is 15.9. The summed E-state index contributed by atoms with van der Waals surface area (Å²) in [5.74, 6) is 0.750. The van der Waals surface area contributed by atoms with Gasteiger partial charge in [0.15, 0.2) is 5.16 Å². The maximum Gasteiger partial charge on any atom is 0.262 e. The minimum atomic E-state index is -0.0737. The molecule has 1 N–H and O–H groups in total. The molecule has 6 heteroatoms. The van der Waals surface area contributed by atoms with Crippen molar-refractivity contribution < 1.29 is 4.79 Å². The van der Waals surface area contributed by atoms with E-state index in [9.17, 15) is 9.59 Å². The highest BCUT2D eigenvalue weighted by Gasteiger charge is 2.24. The maximum absolute atomic E-state index is 13.3. The third-order valence-electron chi connectivity index (χ3n) is 6.43. The minimum Gasteiger partial charge on any atom is -0.325 e. The molecular formula is C27H33N3O2S. The van der Waals surface area contributed by atoms with E-state index >= 15 is 0 Å². The summed E-state index contributed by atoms with van der Waals surface area (Å²) in [6.45, 7) is 8.57. The van der Waals surface area contributed by atoms with Crippen LogP contribution in [0.4, 0.5) is 5.69 Å². The van der Waals surface area contributed by atoms with Crippen LogP contribution in [-0.4, -0.2) is 21.2 Å². The Labute approximate surface area is 200 Å². The fourth-order valence-electron chi connectivity index (χ4n) is 4.71. The van der Waals surface area contributed by atoms with Gasteiger partial charge in [0.1, 0.15) is 0 Å². The zero-order valence-corrected chi connectivity index (χ0v) is 20.7. The van der Waals surface area contributed by atoms with Crippen molar-refractivity contribution >= 4 is 34.3 Å². The monoisotopic (exact) mass is 463 g/mol. The summed E-state index contributed by atoms with van der Waals surface area (Å²) in [6.07, 6.45) is 4.22. The Morgan fingerprint density at radius 1 is 1.03 bits per heavy atom. The van der Waals surface area contributed by atoms with Crippen LogP contribution in [0.1, 0.15) is 82.4 Å². The third kappa shape index (κ3) is 5.01. The van der Waals surface area contributed by atoms with Crippen LogP contribution in [-0.2, 0) is 4.79 Å². The molecule has 1 heterocycles. The van der Waals surface area contributed by atoms with Gasteiger partial charge in [-0.25, -0.2) is 4.98 Å². The topological polar surface area (TPSA) is 64.0 Å². The molecule has 1 aromatic heterocycles. The summed E-state index contributed by atoms with van der Waals surface area (Å²) in [6, 6.07) is 13.9. The van der Waals surface area contributed by atoms with Gasteiger partial charge in [0, 0.05) is 11.7 Å². The lowest BCUT2D eigenvalue weighted by Crippen LogP contribution is -2.27. The smallest absolute Gasteiger partial charge is 0.262 e. The van der Waals surface area contributed by atoms with E-state index in [2.05, 4.69) is 51.2 Å². The molecule has 1 saturated carbocycles. The first kappa shape index (κ1) is 23.6. The van der Waals surface area contributed by atoms with E-state index in [1.165, 1.54) is 11.8 Å². The van der Waals surface area contributed by atoms with Crippen LogP contribution in [0.5, 0.6) is 0 Å². The summed E-state index contributed by atoms with van der Waals surface area (Å²) in [5, 5.41) is 4.46. The molecule has 0 aliphatic heterocycles. The lowest BCUT2D eigenvalue weighted by atomic mass is 9.92. The normalized spacial score (nSPS) is 14.5. The van der Waals surface area contributed by atoms with Crippen molar-refractivity contribution in [2.24, 2.45) is 0 Å². The standard InChI is InChI=1S/C27H33N3O2S/c1-17(2)20-13-9-14-21(18(3)4)25(20)29-24(31)16-33-27-28-23-15-8-7-12-22(23)26(32)30(27)19-10-5-6-11-19/h7-9,12-15,17-19H,5-6,10-11,16H2,1-4H3,(H,29,31). The average molecular weight is 464 g/mol. The van der Waals surface area contributed by atoms with Crippen LogP contribution < -0.4 is 10.9 Å². The number of nitrogens with zero attached hydrogens (tertiary/aromatic N) is 2. The molecule has 0 unspecified atom stereocenters. The van der Waals surface area contributed by atoms with Gasteiger partial charge in [-0.05, 0) is 47.9 Å². The summed E-state index contributed by atoms with van der Waals surface area (Å²) in [7, 11) is 0. The largest absolute Gasteiger partial charge is 0.325 e. The SMILES string of the molecule is CC(C)c1cccc(C(C)C)c1NC(=O)CSc1nc2ccccc2c(=O)n1C1CCCC1. The molecule has 174 valence electrons. The van der Waals surface area contributed by atoms with Crippen LogP contribution in [0, 0.1) is 0 Å². The molecule has 0 spiro atoms. The van der Waals surface area contributed by atoms with Crippen molar-refractivity contribution in [3.63, 3.8) is 0 Å². The van der Waals surface area contributed by atoms with Gasteiger partial charge in [0.2, 0.25) is 5.91 Å². The molecule has 0 radical (unpaired) electrons. The molecule has 3 aromatic rings. The molecule has 1 amide bonds. The molecule has 4 rings (SSSR count). The Morgan fingerprint density at radius 3 is 2.30 bits per heavy atom. The second kappa shape index (κ2) is 10.1. The highest BCUT2D eigenvalue weighted by Crippen LogP contribution is 2.34. The lowest BCUT2D eigenvalue weighted by molar-refractivity contribution is -0.113. The third-order valence-corrected chi connectivity index (χ3v) is 7.39. The quantitative estimate of drug-likeness (QED) is 0.321. The molecule has 0 atom stereocenters. The number of rotatable bonds is 7. The number of carbonyl (C=O) groups is 1. The van der Waals surface area contributed by atoms with Crippen LogP contribution >= 0.6 is 11.8 Å². The molecule has 1 aliphatic rings. The van der Waals surface area contributed by atoms with Crippen LogP contribution in [0.2, 0.25) is 0 Å². The van der Waals surface area contributed by atoms with Crippen molar-refractivity contribution in [3.05, 3.63) is 63.9 Å². The van der Waals surface area contributed by atoms with Gasteiger partial charge >= 0.3 is 0 Å². The Kier molecular flexibility index (Phi) is 7.23. The lowest BCUT2D eigenvalue weighted by Gasteiger charge is -2.21. The molecule has 1 fully saturated rings. The summed E-state index contributed by atoms with van der Waals surface area (Å²) in [5.41, 5.74) is 3.90. The van der Waals surface area contributed by atoms with E-state index in [1.807, 2.05) is 28.8 Å². The molecular weight excluding hydrogens is 430 g/mol. The predicted molar refractivity (Wildman–Crippen MR) is 137 cm³/mol. The summed E-state index contributed by atoms with van der Waals surface area (Å²) < 4.78 is 1.84. The van der Waals surface area contributed by atoms with E-state index in [0.717, 1.165) is 42.5 Å². The Hall–Kier alpha value is -2.60. The Bertz CT molecular complexity index is 1180. The second-order valence-corrected chi connectivity index (χ2v) is 10.4. The molecule has 33 heavy (non-hydrogen) atoms. The highest BCUT2D eigenvalue weighted by molar-refractivity contribution is 7.99. The van der Waals surface area contributed by atoms with Crippen molar-refractivity contribution in [1.29, 1.82) is 0 Å². The number of nitrogens with one attached hydrogen (secondary N) is 1. The zero-order valence-electron chi connectivity index (χ0n) is 19.9. The Balaban J connectivity index is 1.61. The molecule has 1 aliphatic carbocycles. The summed E-state index contributed by atoms with van der Waals surface area (Å²) >= 11 is 1.36. The Morgan fingerprint density at radius 2 is 1.67 bits per heavy atom. The number of fused-ring (bicyclic) bond motifs is 1. The van der Waals surface area contributed by atoms with E-state index in [-0.39, 0.29) is 23.3 Å². The van der Waals surface area contributed by atoms with Crippen LogP contribution in [0.3, 0.4) is 0 Å². The number of benzene rings is 2. The van der Waals surface area contributed by atoms with Gasteiger partial charge < -0.3 is 5.32 Å². The number of hydrogen-bond donors (Lipinski definition) is 1. The van der Waals surface area contributed by atoms with E-state index in [4.69, 9.17) is 4.98 Å². The van der Waals surface area contributed by atoms with Crippen molar-refractivity contribution in [3.8, 4) is 0 Å². The second-order valence-electron chi connectivity index (χ2n) is 9.48. The first-order valence-electron chi connectivity index (χ1n) is 11.9. The van der Waals surface area contributed by atoms with Crippen LogP contribution in [0.25, 0.3) is 10.9 Å². The molecule has 0 bridgehead atoms. The van der Waals surface area contributed by atoms with Gasteiger partial charge in [-0.3, -0.25) is 14.2 Å². The van der Waals surface area contributed by atoms with Crippen LogP contribution in [0.15, 0.2) is 52.4 Å². The average Bonchev–Trinajstić information content (AvgIpc) is 3.32. The van der Waals surface area contributed by atoms with Crippen molar-refractivity contribution in [2.45, 2.75) is 76.4 Å². The number of thioether (sulfide) groups is 1. The van der Waals surface area contributed by atoms with Gasteiger partial charge in [-0.2, -0.15) is 0 Å². The highest BCUT2D eigenvalue weighted by atomic mass is 32.2. The van der Waals surface area contributed by atoms with Crippen molar-refractivity contribution in [1.82, 2.24) is 9.55 Å². The fraction of sp³-hybridized carbons (Fsp3) is 0.444. The van der Waals surface area contributed by atoms with Gasteiger partial charge in [-0.1, -0.05) is 82.6 Å². The fourth-order valence-corrected chi connectivity index (χ4v) is 5.58. The van der Waals surface area contributed by atoms with Crippen molar-refractivity contribution in [2.75, 3.05) is 11.1 Å². The van der Waals surface area contributed by atoms with Gasteiger partial charge in [-0.15, -0.1) is 0 Å². The molecule has 5 nitrogen and oxygen atoms in total. The van der Waals surface area contributed by atoms with E-state index < -0.39 is 0 Å². The number of carbonyl (C=O) groups excluding carboxylic acids is 1. The maximum atomic E-state index is 13.3. The number of para-hydroxylation sites is 2. The van der Waals surface area contributed by atoms with E-state index in [0.29, 0.717) is 27.9 Å². The molecule has 2 aromatic carbocycles. The predicted octanol–water partition coefficient (Wildman–Crippen LogP) is 6.49.